The van der Waals surface area contributed by atoms with Gasteiger partial charge in [0.05, 0.1) is 26.7 Å². The molecular weight excluding hydrogens is 288 g/mol. The van der Waals surface area contributed by atoms with E-state index in [2.05, 4.69) is 9.47 Å². The van der Waals surface area contributed by atoms with Crippen LogP contribution < -0.4 is 0 Å². The molecule has 1 amide bonds. The third-order valence-corrected chi connectivity index (χ3v) is 3.52. The van der Waals surface area contributed by atoms with Gasteiger partial charge in [-0.1, -0.05) is 18.2 Å². The van der Waals surface area contributed by atoms with Crippen LogP contribution in [0.2, 0.25) is 0 Å². The lowest BCUT2D eigenvalue weighted by Gasteiger charge is -2.27. The minimum atomic E-state index is -1.21. The zero-order valence-electron chi connectivity index (χ0n) is 12.1. The first kappa shape index (κ1) is 15.5. The van der Waals surface area contributed by atoms with Crippen molar-refractivity contribution in [1.82, 2.24) is 4.90 Å². The van der Waals surface area contributed by atoms with Gasteiger partial charge in [0.15, 0.2) is 0 Å². The van der Waals surface area contributed by atoms with Gasteiger partial charge in [-0.15, -0.1) is 0 Å². The first-order chi connectivity index (χ1) is 10.5. The Morgan fingerprint density at radius 1 is 1.32 bits per heavy atom. The van der Waals surface area contributed by atoms with Crippen LogP contribution in [-0.2, 0) is 19.1 Å². The Bertz CT molecular complexity index is 664. The molecule has 2 rings (SSSR count). The average molecular weight is 302 g/mol. The van der Waals surface area contributed by atoms with E-state index < -0.39 is 29.9 Å². The zero-order valence-corrected chi connectivity index (χ0v) is 12.1. The summed E-state index contributed by atoms with van der Waals surface area (Å²) in [5, 5.41) is 9.38. The molecule has 2 atom stereocenters. The van der Waals surface area contributed by atoms with Crippen molar-refractivity contribution in [2.45, 2.75) is 18.5 Å². The second-order valence-electron chi connectivity index (χ2n) is 4.65. The maximum Gasteiger partial charge on any atom is 0.329 e. The lowest BCUT2D eigenvalue weighted by atomic mass is 10.1. The number of ether oxygens (including phenoxy) is 2. The van der Waals surface area contributed by atoms with E-state index in [1.165, 1.54) is 7.11 Å². The van der Waals surface area contributed by atoms with Gasteiger partial charge >= 0.3 is 11.9 Å². The van der Waals surface area contributed by atoms with Crippen LogP contribution in [0.3, 0.4) is 0 Å². The quantitative estimate of drug-likeness (QED) is 0.764. The second kappa shape index (κ2) is 6.26. The zero-order chi connectivity index (χ0) is 16.3. The highest BCUT2D eigenvalue weighted by Gasteiger charge is 2.44. The third-order valence-electron chi connectivity index (χ3n) is 3.52. The Balaban J connectivity index is 2.44. The van der Waals surface area contributed by atoms with Gasteiger partial charge in [0, 0.05) is 11.1 Å². The van der Waals surface area contributed by atoms with E-state index >= 15 is 0 Å². The predicted octanol–water partition coefficient (Wildman–Crippen LogP) is 0.812. The van der Waals surface area contributed by atoms with Crippen LogP contribution in [0.1, 0.15) is 28.4 Å². The smallest absolute Gasteiger partial charge is 0.329 e. The number of benzene rings is 1. The highest BCUT2D eigenvalue weighted by Crippen LogP contribution is 2.35. The Morgan fingerprint density at radius 3 is 2.59 bits per heavy atom. The summed E-state index contributed by atoms with van der Waals surface area (Å²) in [6, 6.07) is 6.44. The number of amides is 1. The van der Waals surface area contributed by atoms with Crippen LogP contribution >= 0.6 is 0 Å². The molecule has 0 fully saturated rings. The van der Waals surface area contributed by atoms with Gasteiger partial charge in [-0.25, -0.2) is 4.79 Å². The van der Waals surface area contributed by atoms with E-state index in [0.29, 0.717) is 11.1 Å². The molecule has 1 aromatic rings. The molecule has 2 unspecified atom stereocenters. The lowest BCUT2D eigenvalue weighted by molar-refractivity contribution is -0.152. The van der Waals surface area contributed by atoms with E-state index in [4.69, 9.17) is 0 Å². The number of hydrogen-bond acceptors (Lipinski definition) is 6. The molecule has 0 saturated heterocycles. The summed E-state index contributed by atoms with van der Waals surface area (Å²) in [7, 11) is 2.33. The van der Waals surface area contributed by atoms with Crippen LogP contribution in [0.15, 0.2) is 24.3 Å². The van der Waals surface area contributed by atoms with Crippen LogP contribution in [0.25, 0.3) is 0 Å². The first-order valence-electron chi connectivity index (χ1n) is 6.51. The minimum Gasteiger partial charge on any atom is -0.469 e. The van der Waals surface area contributed by atoms with Gasteiger partial charge < -0.3 is 14.4 Å². The topological polar surface area (TPSA) is 96.7 Å². The van der Waals surface area contributed by atoms with Crippen molar-refractivity contribution in [3.05, 3.63) is 35.4 Å². The van der Waals surface area contributed by atoms with Gasteiger partial charge in [0.1, 0.15) is 12.1 Å². The van der Waals surface area contributed by atoms with Crippen molar-refractivity contribution in [1.29, 1.82) is 5.26 Å². The summed E-state index contributed by atoms with van der Waals surface area (Å²) in [6.45, 7) is 0. The average Bonchev–Trinajstić information content (AvgIpc) is 2.84. The van der Waals surface area contributed by atoms with Crippen molar-refractivity contribution >= 4 is 17.8 Å². The number of nitriles is 1. The number of fused-ring (bicyclic) bond motifs is 1. The Morgan fingerprint density at radius 2 is 2.00 bits per heavy atom. The van der Waals surface area contributed by atoms with Crippen molar-refractivity contribution in [3.8, 4) is 6.07 Å². The lowest BCUT2D eigenvalue weighted by Crippen LogP contribution is -2.45. The molecule has 0 aliphatic carbocycles. The predicted molar refractivity (Wildman–Crippen MR) is 73.4 cm³/mol. The number of esters is 2. The monoisotopic (exact) mass is 302 g/mol. The van der Waals surface area contributed by atoms with Crippen molar-refractivity contribution in [2.75, 3.05) is 14.2 Å². The van der Waals surface area contributed by atoms with E-state index in [1.54, 1.807) is 24.3 Å². The van der Waals surface area contributed by atoms with Crippen molar-refractivity contribution < 1.29 is 23.9 Å². The van der Waals surface area contributed by atoms with Crippen molar-refractivity contribution in [3.63, 3.8) is 0 Å². The molecule has 7 nitrogen and oxygen atoms in total. The molecule has 1 aliphatic rings. The molecular formula is C15H14N2O5. The van der Waals surface area contributed by atoms with Crippen molar-refractivity contribution in [2.24, 2.45) is 0 Å². The maximum absolute atomic E-state index is 12.5. The number of nitrogens with zero attached hydrogens (tertiary/aromatic N) is 2. The van der Waals surface area contributed by atoms with Gasteiger partial charge in [-0.2, -0.15) is 5.26 Å². The molecule has 114 valence electrons. The number of methoxy groups -OCH3 is 2. The molecule has 0 radical (unpaired) electrons. The van der Waals surface area contributed by atoms with E-state index in [1.807, 2.05) is 6.07 Å². The summed E-state index contributed by atoms with van der Waals surface area (Å²) >= 11 is 0. The molecule has 1 heterocycles. The summed E-state index contributed by atoms with van der Waals surface area (Å²) in [4.78, 5) is 37.1. The normalized spacial score (nSPS) is 17.4. The van der Waals surface area contributed by atoms with Crippen LogP contribution in [0.4, 0.5) is 0 Å². The molecule has 22 heavy (non-hydrogen) atoms. The number of rotatable bonds is 4. The third kappa shape index (κ3) is 2.51. The summed E-state index contributed by atoms with van der Waals surface area (Å²) < 4.78 is 9.21. The SMILES string of the molecule is COC(=O)CC(C(=O)OC)N1C(=O)c2ccccc2C1C#N. The summed E-state index contributed by atoms with van der Waals surface area (Å²) in [5.74, 6) is -1.93. The largest absolute Gasteiger partial charge is 0.469 e. The standard InChI is InChI=1S/C15H14N2O5/c1-21-13(18)7-11(15(20)22-2)17-12(8-16)9-5-3-4-6-10(9)14(17)19/h3-6,11-12H,7H2,1-2H3. The molecule has 0 spiro atoms. The fourth-order valence-corrected chi connectivity index (χ4v) is 2.46. The molecule has 1 aliphatic heterocycles. The molecule has 0 aromatic heterocycles. The van der Waals surface area contributed by atoms with Gasteiger partial charge in [-0.05, 0) is 6.07 Å². The highest BCUT2D eigenvalue weighted by molar-refractivity contribution is 6.02. The summed E-state index contributed by atoms with van der Waals surface area (Å²) in [6.07, 6.45) is -0.374. The molecule has 7 heteroatoms. The van der Waals surface area contributed by atoms with Gasteiger partial charge in [-0.3, -0.25) is 9.59 Å². The number of carbonyl (C=O) groups is 3. The van der Waals surface area contributed by atoms with Gasteiger partial charge in [0.25, 0.3) is 5.91 Å². The van der Waals surface area contributed by atoms with E-state index in [0.717, 1.165) is 12.0 Å². The summed E-state index contributed by atoms with van der Waals surface area (Å²) in [5.41, 5.74) is 0.849. The fourth-order valence-electron chi connectivity index (χ4n) is 2.46. The minimum absolute atomic E-state index is 0.341. The molecule has 1 aromatic carbocycles. The second-order valence-corrected chi connectivity index (χ2v) is 4.65. The Labute approximate surface area is 127 Å². The maximum atomic E-state index is 12.5. The van der Waals surface area contributed by atoms with Crippen LogP contribution in [-0.4, -0.2) is 43.0 Å². The Hall–Kier alpha value is -2.88. The molecule has 0 bridgehead atoms. The number of hydrogen-bond donors (Lipinski definition) is 0. The first-order valence-corrected chi connectivity index (χ1v) is 6.51. The number of carbonyl (C=O) groups excluding carboxylic acids is 3. The van der Waals surface area contributed by atoms with E-state index in [9.17, 15) is 19.6 Å². The van der Waals surface area contributed by atoms with Gasteiger partial charge in [0.2, 0.25) is 0 Å². The van der Waals surface area contributed by atoms with E-state index in [-0.39, 0.29) is 6.42 Å². The molecule has 0 N–H and O–H groups in total. The highest BCUT2D eigenvalue weighted by atomic mass is 16.5. The fraction of sp³-hybridized carbons (Fsp3) is 0.333. The molecule has 0 saturated carbocycles. The van der Waals surface area contributed by atoms with Crippen LogP contribution in [0, 0.1) is 11.3 Å². The Kier molecular flexibility index (Phi) is 4.41. The van der Waals surface area contributed by atoms with Crippen LogP contribution in [0.5, 0.6) is 0 Å².